The molecule has 0 amide bonds. The Kier molecular flexibility index (Phi) is 3.65. The molecule has 1 aliphatic heterocycles. The molecule has 66 valence electrons. The maximum atomic E-state index is 3.36. The molecule has 1 N–H and O–H groups in total. The summed E-state index contributed by atoms with van der Waals surface area (Å²) in [5.41, 5.74) is 1.36. The molecule has 1 unspecified atom stereocenters. The molecule has 0 bridgehead atoms. The lowest BCUT2D eigenvalue weighted by Gasteiger charge is -2.08. The number of rotatable bonds is 1. The van der Waals surface area contributed by atoms with E-state index in [9.17, 15) is 0 Å². The van der Waals surface area contributed by atoms with Gasteiger partial charge in [0.1, 0.15) is 0 Å². The van der Waals surface area contributed by atoms with Crippen LogP contribution in [0.25, 0.3) is 0 Å². The Morgan fingerprint density at radius 2 is 2.33 bits per heavy atom. The van der Waals surface area contributed by atoms with Crippen molar-refractivity contribution in [2.45, 2.75) is 32.7 Å². The number of hydrogen-bond acceptors (Lipinski definition) is 1. The summed E-state index contributed by atoms with van der Waals surface area (Å²) in [6, 6.07) is 0.544. The highest BCUT2D eigenvalue weighted by Gasteiger charge is 1.96. The fraction of sp³-hybridized carbons (Fsp3) is 0.455. The van der Waals surface area contributed by atoms with Gasteiger partial charge in [0.15, 0.2) is 0 Å². The van der Waals surface area contributed by atoms with Gasteiger partial charge in [-0.05, 0) is 31.5 Å². The molecule has 1 rings (SSSR count). The van der Waals surface area contributed by atoms with E-state index in [1.54, 1.807) is 0 Å². The van der Waals surface area contributed by atoms with Crippen LogP contribution in [0.3, 0.4) is 0 Å². The van der Waals surface area contributed by atoms with Crippen molar-refractivity contribution >= 4 is 0 Å². The van der Waals surface area contributed by atoms with Crippen LogP contribution in [0.5, 0.6) is 0 Å². The summed E-state index contributed by atoms with van der Waals surface area (Å²) in [5, 5.41) is 3.36. The highest BCUT2D eigenvalue weighted by molar-refractivity contribution is 5.22. The quantitative estimate of drug-likeness (QED) is 0.626. The van der Waals surface area contributed by atoms with Gasteiger partial charge < -0.3 is 5.32 Å². The van der Waals surface area contributed by atoms with Crippen molar-refractivity contribution in [1.82, 2.24) is 5.32 Å². The summed E-state index contributed by atoms with van der Waals surface area (Å²) in [5.74, 6) is 0. The van der Waals surface area contributed by atoms with Crippen LogP contribution in [0, 0.1) is 0 Å². The first-order chi connectivity index (χ1) is 5.83. The van der Waals surface area contributed by atoms with Gasteiger partial charge in [-0.2, -0.15) is 0 Å². The van der Waals surface area contributed by atoms with Crippen LogP contribution in [0.2, 0.25) is 0 Å². The second-order valence-corrected chi connectivity index (χ2v) is 3.16. The fourth-order valence-corrected chi connectivity index (χ4v) is 1.13. The minimum atomic E-state index is 0.544. The van der Waals surface area contributed by atoms with Gasteiger partial charge in [-0.3, -0.25) is 0 Å². The fourth-order valence-electron chi connectivity index (χ4n) is 1.13. The standard InChI is InChI=1S/C11H17N/c1-3-11-8-6-4-5-7-10(2)12-9-11/h4-6,8-10,12H,3,7H2,1-2H3/b5-4-,8-6+,11-9-. The zero-order chi connectivity index (χ0) is 8.81. The lowest BCUT2D eigenvalue weighted by molar-refractivity contribution is 0.645. The van der Waals surface area contributed by atoms with Crippen LogP contribution < -0.4 is 5.32 Å². The molecule has 0 radical (unpaired) electrons. The maximum absolute atomic E-state index is 3.36. The van der Waals surface area contributed by atoms with Crippen LogP contribution in [0.15, 0.2) is 36.1 Å². The largest absolute Gasteiger partial charge is 0.388 e. The second-order valence-electron chi connectivity index (χ2n) is 3.16. The van der Waals surface area contributed by atoms with Gasteiger partial charge in [0, 0.05) is 6.04 Å². The molecule has 0 aliphatic carbocycles. The Morgan fingerprint density at radius 1 is 1.50 bits per heavy atom. The molecular weight excluding hydrogens is 146 g/mol. The lowest BCUT2D eigenvalue weighted by Crippen LogP contribution is -2.19. The Hall–Kier alpha value is -0.980. The molecule has 1 heterocycles. The van der Waals surface area contributed by atoms with E-state index in [0.29, 0.717) is 6.04 Å². The SMILES string of the molecule is CCC1=C\NC(C)C\C=C/C=C/1. The summed E-state index contributed by atoms with van der Waals surface area (Å²) in [6.07, 6.45) is 12.9. The van der Waals surface area contributed by atoms with Crippen molar-refractivity contribution in [3.8, 4) is 0 Å². The van der Waals surface area contributed by atoms with Crippen LogP contribution in [0.4, 0.5) is 0 Å². The Bertz CT molecular complexity index is 211. The van der Waals surface area contributed by atoms with E-state index in [4.69, 9.17) is 0 Å². The minimum Gasteiger partial charge on any atom is -0.388 e. The van der Waals surface area contributed by atoms with Crippen LogP contribution in [-0.2, 0) is 0 Å². The van der Waals surface area contributed by atoms with E-state index in [2.05, 4.69) is 49.7 Å². The van der Waals surface area contributed by atoms with Crippen molar-refractivity contribution in [3.63, 3.8) is 0 Å². The van der Waals surface area contributed by atoms with Crippen molar-refractivity contribution in [1.29, 1.82) is 0 Å². The van der Waals surface area contributed by atoms with Crippen molar-refractivity contribution in [3.05, 3.63) is 36.1 Å². The van der Waals surface area contributed by atoms with Gasteiger partial charge in [-0.1, -0.05) is 31.2 Å². The minimum absolute atomic E-state index is 0.544. The highest BCUT2D eigenvalue weighted by atomic mass is 14.9. The number of nitrogens with one attached hydrogen (secondary N) is 1. The second kappa shape index (κ2) is 4.81. The van der Waals surface area contributed by atoms with E-state index in [-0.39, 0.29) is 0 Å². The first-order valence-corrected chi connectivity index (χ1v) is 4.61. The third-order valence-electron chi connectivity index (χ3n) is 2.01. The normalized spacial score (nSPS) is 33.2. The molecule has 12 heavy (non-hydrogen) atoms. The van der Waals surface area contributed by atoms with Crippen LogP contribution in [-0.4, -0.2) is 6.04 Å². The summed E-state index contributed by atoms with van der Waals surface area (Å²) in [7, 11) is 0. The summed E-state index contributed by atoms with van der Waals surface area (Å²) < 4.78 is 0. The lowest BCUT2D eigenvalue weighted by atomic mass is 10.2. The molecule has 1 nitrogen and oxygen atoms in total. The third-order valence-corrected chi connectivity index (χ3v) is 2.01. The molecule has 1 heteroatoms. The zero-order valence-corrected chi connectivity index (χ0v) is 7.88. The predicted octanol–water partition coefficient (Wildman–Crippen LogP) is 2.77. The molecule has 0 spiro atoms. The molecule has 0 fully saturated rings. The molecule has 1 aliphatic rings. The maximum Gasteiger partial charge on any atom is 0.0262 e. The van der Waals surface area contributed by atoms with E-state index in [1.165, 1.54) is 5.57 Å². The Balaban J connectivity index is 2.67. The molecule has 0 saturated carbocycles. The van der Waals surface area contributed by atoms with Crippen molar-refractivity contribution in [2.24, 2.45) is 0 Å². The van der Waals surface area contributed by atoms with Crippen LogP contribution in [0.1, 0.15) is 26.7 Å². The third kappa shape index (κ3) is 2.95. The first-order valence-electron chi connectivity index (χ1n) is 4.61. The monoisotopic (exact) mass is 163 g/mol. The summed E-state index contributed by atoms with van der Waals surface area (Å²) in [4.78, 5) is 0. The smallest absolute Gasteiger partial charge is 0.0262 e. The average Bonchev–Trinajstić information content (AvgIpc) is 2.17. The summed E-state index contributed by atoms with van der Waals surface area (Å²) in [6.45, 7) is 4.36. The molecule has 0 saturated heterocycles. The molecule has 0 aromatic rings. The van der Waals surface area contributed by atoms with Gasteiger partial charge >= 0.3 is 0 Å². The number of allylic oxidation sites excluding steroid dienone is 4. The van der Waals surface area contributed by atoms with E-state index in [1.807, 2.05) is 0 Å². The summed E-state index contributed by atoms with van der Waals surface area (Å²) >= 11 is 0. The van der Waals surface area contributed by atoms with Gasteiger partial charge in [0.2, 0.25) is 0 Å². The number of hydrogen-bond donors (Lipinski definition) is 1. The zero-order valence-electron chi connectivity index (χ0n) is 7.88. The van der Waals surface area contributed by atoms with E-state index >= 15 is 0 Å². The average molecular weight is 163 g/mol. The Labute approximate surface area is 74.9 Å². The van der Waals surface area contributed by atoms with Gasteiger partial charge in [-0.25, -0.2) is 0 Å². The molecule has 0 aromatic carbocycles. The first kappa shape index (κ1) is 9.11. The predicted molar refractivity (Wildman–Crippen MR) is 53.9 cm³/mol. The van der Waals surface area contributed by atoms with Crippen LogP contribution >= 0.6 is 0 Å². The molecule has 1 atom stereocenters. The Morgan fingerprint density at radius 3 is 3.08 bits per heavy atom. The van der Waals surface area contributed by atoms with Gasteiger partial charge in [0.25, 0.3) is 0 Å². The van der Waals surface area contributed by atoms with Gasteiger partial charge in [0.05, 0.1) is 0 Å². The topological polar surface area (TPSA) is 12.0 Å². The van der Waals surface area contributed by atoms with Crippen molar-refractivity contribution in [2.75, 3.05) is 0 Å². The van der Waals surface area contributed by atoms with Crippen molar-refractivity contribution < 1.29 is 0 Å². The molecular formula is C11H17N. The highest BCUT2D eigenvalue weighted by Crippen LogP contribution is 2.04. The van der Waals surface area contributed by atoms with E-state index in [0.717, 1.165) is 12.8 Å². The van der Waals surface area contributed by atoms with E-state index < -0.39 is 0 Å². The van der Waals surface area contributed by atoms with Gasteiger partial charge in [-0.15, -0.1) is 0 Å². The molecule has 0 aromatic heterocycles.